The minimum atomic E-state index is -0.826. The number of aryl methyl sites for hydroxylation is 2. The number of unbranched alkanes of at least 4 members (excludes halogenated alkanes) is 3. The Morgan fingerprint density at radius 1 is 0.653 bits per heavy atom. The van der Waals surface area contributed by atoms with E-state index in [2.05, 4.69) is 163 Å². The number of hydrogen-bond donors (Lipinski definition) is 0. The SMILES string of the molecule is CC(C)(C)c1ccc(-c2cccc3[cH-]ccc23)cc1.CCCCCCc1ccc(-c2cccc3[cH-]c(CCC)cc23)cc1.C[Si]C.[Cl][Zr+2][Cl]. The number of rotatable bonds is 9. The first-order valence-corrected chi connectivity index (χ1v) is 26.1. The zero-order chi connectivity index (χ0) is 35.6. The van der Waals surface area contributed by atoms with Gasteiger partial charge in [-0.3, -0.25) is 0 Å². The van der Waals surface area contributed by atoms with Crippen molar-refractivity contribution in [3.63, 3.8) is 0 Å². The second-order valence-corrected chi connectivity index (χ2v) is 18.4. The summed E-state index contributed by atoms with van der Waals surface area (Å²) < 4.78 is 0. The summed E-state index contributed by atoms with van der Waals surface area (Å²) in [5.41, 5.74) is 9.85. The normalized spacial score (nSPS) is 10.7. The average molecular weight is 785 g/mol. The minimum absolute atomic E-state index is 0.213. The summed E-state index contributed by atoms with van der Waals surface area (Å²) in [5.74, 6) is 0. The van der Waals surface area contributed by atoms with E-state index in [4.69, 9.17) is 17.0 Å². The number of halogens is 2. The molecule has 0 N–H and O–H groups in total. The topological polar surface area (TPSA) is 0 Å². The summed E-state index contributed by atoms with van der Waals surface area (Å²) in [6.07, 6.45) is 8.92. The van der Waals surface area contributed by atoms with Gasteiger partial charge >= 0.3 is 37.9 Å². The van der Waals surface area contributed by atoms with Crippen molar-refractivity contribution in [2.75, 3.05) is 0 Å². The Kier molecular flexibility index (Phi) is 18.4. The van der Waals surface area contributed by atoms with Crippen LogP contribution in [-0.4, -0.2) is 9.52 Å². The predicted octanol–water partition coefficient (Wildman–Crippen LogP) is 15.0. The van der Waals surface area contributed by atoms with Crippen LogP contribution in [0.15, 0.2) is 115 Å². The summed E-state index contributed by atoms with van der Waals surface area (Å²) in [7, 11) is 11.0. The molecule has 6 rings (SSSR count). The fourth-order valence-electron chi connectivity index (χ4n) is 6.15. The molecule has 0 fully saturated rings. The molecule has 2 radical (unpaired) electrons. The van der Waals surface area contributed by atoms with Crippen LogP contribution < -0.4 is 0 Å². The Labute approximate surface area is 318 Å². The maximum absolute atomic E-state index is 4.93. The van der Waals surface area contributed by atoms with Crippen molar-refractivity contribution in [3.05, 3.63) is 132 Å². The summed E-state index contributed by atoms with van der Waals surface area (Å²) in [6.45, 7) is 15.6. The molecule has 0 unspecified atom stereocenters. The molecule has 4 heteroatoms. The van der Waals surface area contributed by atoms with Gasteiger partial charge < -0.3 is 0 Å². The molecular formula is C45H54Cl2SiZr. The van der Waals surface area contributed by atoms with Crippen molar-refractivity contribution >= 4 is 48.1 Å². The van der Waals surface area contributed by atoms with Crippen LogP contribution in [0.3, 0.4) is 0 Å². The standard InChI is InChI=1S/C24H29.C19H19.C2H6Si.2ClH.Zr/c1-3-5-6-7-10-19-13-15-21(16-14-19)23-12-8-11-22-17-20(9-4-2)18-24(22)23;1-19(2,3)16-12-10-15(11-13-16)18-9-5-7-14-6-4-8-17(14)18;1-3-2;;;/h8,11-18H,3-7,9-10H2,1-2H3;4-13H,1-3H3;1-2H3;2*1H;/q2*-1;;;;+4/p-2. The molecule has 0 amide bonds. The molecule has 0 aromatic heterocycles. The molecule has 0 aliphatic carbocycles. The first-order valence-electron chi connectivity index (χ1n) is 17.8. The van der Waals surface area contributed by atoms with Gasteiger partial charge in [-0.15, -0.1) is 63.5 Å². The van der Waals surface area contributed by atoms with Crippen LogP contribution in [0.2, 0.25) is 13.1 Å². The van der Waals surface area contributed by atoms with Crippen molar-refractivity contribution in [1.29, 1.82) is 0 Å². The third-order valence-corrected chi connectivity index (χ3v) is 8.67. The van der Waals surface area contributed by atoms with E-state index in [0.29, 0.717) is 0 Å². The number of benzene rings is 4. The van der Waals surface area contributed by atoms with Gasteiger partial charge in [0.05, 0.1) is 0 Å². The number of hydrogen-bond acceptors (Lipinski definition) is 0. The molecule has 0 nitrogen and oxygen atoms in total. The van der Waals surface area contributed by atoms with Gasteiger partial charge in [0.15, 0.2) is 0 Å². The van der Waals surface area contributed by atoms with Crippen LogP contribution in [0.25, 0.3) is 43.8 Å². The van der Waals surface area contributed by atoms with E-state index in [1.54, 1.807) is 0 Å². The van der Waals surface area contributed by atoms with Crippen molar-refractivity contribution in [2.24, 2.45) is 0 Å². The first-order chi connectivity index (χ1) is 23.7. The molecule has 0 spiro atoms. The fourth-order valence-corrected chi connectivity index (χ4v) is 6.15. The van der Waals surface area contributed by atoms with Crippen LogP contribution in [-0.2, 0) is 39.1 Å². The van der Waals surface area contributed by atoms with Crippen LogP contribution in [0.5, 0.6) is 0 Å². The van der Waals surface area contributed by atoms with E-state index in [1.807, 2.05) is 0 Å². The van der Waals surface area contributed by atoms with E-state index >= 15 is 0 Å². The van der Waals surface area contributed by atoms with E-state index in [-0.39, 0.29) is 5.41 Å². The molecule has 49 heavy (non-hydrogen) atoms. The third-order valence-electron chi connectivity index (χ3n) is 8.67. The van der Waals surface area contributed by atoms with Gasteiger partial charge in [0.1, 0.15) is 0 Å². The average Bonchev–Trinajstić information content (AvgIpc) is 3.75. The zero-order valence-corrected chi connectivity index (χ0v) is 35.6. The third kappa shape index (κ3) is 12.8. The Balaban J connectivity index is 0.000000233. The van der Waals surface area contributed by atoms with Gasteiger partial charge in [0.2, 0.25) is 0 Å². The van der Waals surface area contributed by atoms with Gasteiger partial charge in [-0.05, 0) is 46.9 Å². The second kappa shape index (κ2) is 21.9. The molecule has 0 bridgehead atoms. The molecule has 0 heterocycles. The molecule has 0 aliphatic rings. The van der Waals surface area contributed by atoms with Gasteiger partial charge in [-0.25, -0.2) is 0 Å². The van der Waals surface area contributed by atoms with Gasteiger partial charge in [-0.1, -0.05) is 145 Å². The summed E-state index contributed by atoms with van der Waals surface area (Å²) in [6, 6.07) is 42.6. The van der Waals surface area contributed by atoms with E-state index in [0.717, 1.165) is 9.52 Å². The first kappa shape index (κ1) is 41.2. The van der Waals surface area contributed by atoms with Crippen molar-refractivity contribution in [3.8, 4) is 22.3 Å². The number of fused-ring (bicyclic) bond motifs is 2. The van der Waals surface area contributed by atoms with Crippen LogP contribution >= 0.6 is 17.0 Å². The van der Waals surface area contributed by atoms with E-state index < -0.39 is 20.8 Å². The molecule has 6 aromatic carbocycles. The molecule has 0 aliphatic heterocycles. The van der Waals surface area contributed by atoms with E-state index in [9.17, 15) is 0 Å². The summed E-state index contributed by atoms with van der Waals surface area (Å²) in [4.78, 5) is 0. The Bertz CT molecular complexity index is 1770. The van der Waals surface area contributed by atoms with Crippen LogP contribution in [0, 0.1) is 0 Å². The maximum atomic E-state index is 4.93. The second-order valence-electron chi connectivity index (χ2n) is 13.7. The van der Waals surface area contributed by atoms with Crippen LogP contribution in [0.4, 0.5) is 0 Å². The Morgan fingerprint density at radius 3 is 1.80 bits per heavy atom. The van der Waals surface area contributed by atoms with Gasteiger partial charge in [-0.2, -0.15) is 18.2 Å². The zero-order valence-electron chi connectivity index (χ0n) is 30.7. The molecule has 0 atom stereocenters. The van der Waals surface area contributed by atoms with Crippen molar-refractivity contribution in [1.82, 2.24) is 0 Å². The molecular weight excluding hydrogens is 731 g/mol. The molecule has 6 aromatic rings. The quantitative estimate of drug-likeness (QED) is 0.0778. The predicted molar refractivity (Wildman–Crippen MR) is 220 cm³/mol. The van der Waals surface area contributed by atoms with Crippen LogP contribution in [0.1, 0.15) is 83.4 Å². The monoisotopic (exact) mass is 782 g/mol. The molecule has 0 saturated heterocycles. The van der Waals surface area contributed by atoms with Crippen molar-refractivity contribution in [2.45, 2.75) is 98.1 Å². The van der Waals surface area contributed by atoms with Crippen molar-refractivity contribution < 1.29 is 20.8 Å². The summed E-state index contributed by atoms with van der Waals surface area (Å²) in [5, 5.41) is 5.43. The molecule has 256 valence electrons. The Morgan fingerprint density at radius 2 is 1.22 bits per heavy atom. The summed E-state index contributed by atoms with van der Waals surface area (Å²) >= 11 is -0.826. The fraction of sp³-hybridized carbons (Fsp3) is 0.333. The van der Waals surface area contributed by atoms with E-state index in [1.165, 1.54) is 105 Å². The Hall–Kier alpha value is -2.22. The molecule has 0 saturated carbocycles. The van der Waals surface area contributed by atoms with Gasteiger partial charge in [0, 0.05) is 9.52 Å². The van der Waals surface area contributed by atoms with Gasteiger partial charge in [0.25, 0.3) is 0 Å².